The number of nitrogens with two attached hydrogens (primary N) is 1. The van der Waals surface area contributed by atoms with Crippen LogP contribution in [0.25, 0.3) is 0 Å². The summed E-state index contributed by atoms with van der Waals surface area (Å²) in [4.78, 5) is 2.57. The predicted molar refractivity (Wildman–Crippen MR) is 75.7 cm³/mol. The van der Waals surface area contributed by atoms with E-state index in [-0.39, 0.29) is 0 Å². The molecule has 1 aliphatic rings. The second-order valence-corrected chi connectivity index (χ2v) is 5.63. The molecule has 3 nitrogen and oxygen atoms in total. The van der Waals surface area contributed by atoms with Gasteiger partial charge in [-0.2, -0.15) is 0 Å². The number of methoxy groups -OCH3 is 1. The summed E-state index contributed by atoms with van der Waals surface area (Å²) in [7, 11) is 1.71. The molecule has 1 aliphatic carbocycles. The lowest BCUT2D eigenvalue weighted by Gasteiger charge is -2.25. The lowest BCUT2D eigenvalue weighted by molar-refractivity contribution is 0.223. The minimum absolute atomic E-state index is 0.699. The summed E-state index contributed by atoms with van der Waals surface area (Å²) in [5, 5.41) is 0. The molecule has 0 heterocycles. The average Bonchev–Trinajstić information content (AvgIpc) is 3.13. The second-order valence-electron chi connectivity index (χ2n) is 5.63. The molecule has 1 aromatic carbocycles. The van der Waals surface area contributed by atoms with Crippen LogP contribution in [0.1, 0.15) is 32.3 Å². The number of ether oxygens (including phenoxy) is 1. The van der Waals surface area contributed by atoms with Gasteiger partial charge in [-0.05, 0) is 24.8 Å². The van der Waals surface area contributed by atoms with Crippen LogP contribution < -0.4 is 10.5 Å². The average molecular weight is 248 g/mol. The van der Waals surface area contributed by atoms with Gasteiger partial charge in [0.15, 0.2) is 0 Å². The molecule has 0 unspecified atom stereocenters. The number of rotatable bonds is 6. The maximum absolute atomic E-state index is 5.79. The summed E-state index contributed by atoms with van der Waals surface area (Å²) in [5.74, 6) is 1.61. The summed E-state index contributed by atoms with van der Waals surface area (Å²) in [6.07, 6.45) is 2.67. The van der Waals surface area contributed by atoms with Crippen LogP contribution in [0.2, 0.25) is 0 Å². The van der Waals surface area contributed by atoms with Crippen molar-refractivity contribution in [1.82, 2.24) is 4.90 Å². The van der Waals surface area contributed by atoms with E-state index in [0.29, 0.717) is 5.92 Å². The van der Waals surface area contributed by atoms with E-state index in [1.807, 2.05) is 12.1 Å². The van der Waals surface area contributed by atoms with Crippen molar-refractivity contribution in [3.63, 3.8) is 0 Å². The Balaban J connectivity index is 2.10. The second kappa shape index (κ2) is 5.61. The summed E-state index contributed by atoms with van der Waals surface area (Å²) in [6.45, 7) is 6.66. The third-order valence-electron chi connectivity index (χ3n) is 3.35. The Labute approximate surface area is 110 Å². The summed E-state index contributed by atoms with van der Waals surface area (Å²) < 4.78 is 5.43. The Bertz CT molecular complexity index is 399. The molecule has 0 saturated heterocycles. The highest BCUT2D eigenvalue weighted by Crippen LogP contribution is 2.31. The van der Waals surface area contributed by atoms with Crippen molar-refractivity contribution in [3.05, 3.63) is 23.8 Å². The van der Waals surface area contributed by atoms with Gasteiger partial charge in [0, 0.05) is 36.4 Å². The summed E-state index contributed by atoms with van der Waals surface area (Å²) in [5.41, 5.74) is 7.79. The van der Waals surface area contributed by atoms with E-state index in [9.17, 15) is 0 Å². The molecule has 0 amide bonds. The molecule has 2 N–H and O–H groups in total. The van der Waals surface area contributed by atoms with Crippen LogP contribution in [-0.4, -0.2) is 24.6 Å². The molecular weight excluding hydrogens is 224 g/mol. The Kier molecular flexibility index (Phi) is 4.12. The number of hydrogen-bond acceptors (Lipinski definition) is 3. The normalized spacial score (nSPS) is 15.4. The van der Waals surface area contributed by atoms with Crippen LogP contribution in [0.5, 0.6) is 5.75 Å². The monoisotopic (exact) mass is 248 g/mol. The van der Waals surface area contributed by atoms with E-state index >= 15 is 0 Å². The van der Waals surface area contributed by atoms with Gasteiger partial charge in [0.2, 0.25) is 0 Å². The summed E-state index contributed by atoms with van der Waals surface area (Å²) in [6, 6.07) is 6.73. The first-order valence-corrected chi connectivity index (χ1v) is 6.76. The Hall–Kier alpha value is -1.22. The first-order valence-electron chi connectivity index (χ1n) is 6.76. The van der Waals surface area contributed by atoms with Gasteiger partial charge in [-0.1, -0.05) is 19.9 Å². The third-order valence-corrected chi connectivity index (χ3v) is 3.35. The van der Waals surface area contributed by atoms with Gasteiger partial charge >= 0.3 is 0 Å². The highest BCUT2D eigenvalue weighted by atomic mass is 16.5. The van der Waals surface area contributed by atoms with E-state index in [4.69, 9.17) is 10.5 Å². The molecule has 1 fully saturated rings. The Morgan fingerprint density at radius 1 is 1.39 bits per heavy atom. The highest BCUT2D eigenvalue weighted by molar-refractivity contribution is 5.48. The lowest BCUT2D eigenvalue weighted by Crippen LogP contribution is -2.29. The van der Waals surface area contributed by atoms with Crippen molar-refractivity contribution in [3.8, 4) is 5.75 Å². The van der Waals surface area contributed by atoms with Crippen molar-refractivity contribution in [2.45, 2.75) is 39.3 Å². The fraction of sp³-hybridized carbons (Fsp3) is 0.600. The van der Waals surface area contributed by atoms with Gasteiger partial charge < -0.3 is 10.5 Å². The SMILES string of the molecule is COc1cc(N)ccc1CN(CC(C)C)C1CC1. The van der Waals surface area contributed by atoms with E-state index in [1.54, 1.807) is 7.11 Å². The number of nitrogen functional groups attached to an aromatic ring is 1. The maximum Gasteiger partial charge on any atom is 0.125 e. The van der Waals surface area contributed by atoms with Gasteiger partial charge in [-0.25, -0.2) is 0 Å². The van der Waals surface area contributed by atoms with Crippen molar-refractivity contribution < 1.29 is 4.74 Å². The topological polar surface area (TPSA) is 38.5 Å². The molecule has 3 heteroatoms. The Morgan fingerprint density at radius 3 is 2.67 bits per heavy atom. The van der Waals surface area contributed by atoms with Crippen molar-refractivity contribution in [2.24, 2.45) is 5.92 Å². The smallest absolute Gasteiger partial charge is 0.125 e. The zero-order chi connectivity index (χ0) is 13.1. The fourth-order valence-corrected chi connectivity index (χ4v) is 2.36. The van der Waals surface area contributed by atoms with Gasteiger partial charge in [0.25, 0.3) is 0 Å². The standard InChI is InChI=1S/C15H24N2O/c1-11(2)9-17(14-6-7-14)10-12-4-5-13(16)8-15(12)18-3/h4-5,8,11,14H,6-7,9-10,16H2,1-3H3. The van der Waals surface area contributed by atoms with Crippen LogP contribution in [-0.2, 0) is 6.54 Å². The van der Waals surface area contributed by atoms with Crippen LogP contribution in [0.4, 0.5) is 5.69 Å². The minimum atomic E-state index is 0.699. The number of nitrogens with zero attached hydrogens (tertiary/aromatic N) is 1. The molecular formula is C15H24N2O. The van der Waals surface area contributed by atoms with Crippen molar-refractivity contribution in [2.75, 3.05) is 19.4 Å². The van der Waals surface area contributed by atoms with Gasteiger partial charge in [-0.15, -0.1) is 0 Å². The molecule has 18 heavy (non-hydrogen) atoms. The number of benzene rings is 1. The molecule has 0 atom stereocenters. The lowest BCUT2D eigenvalue weighted by atomic mass is 10.1. The minimum Gasteiger partial charge on any atom is -0.496 e. The maximum atomic E-state index is 5.79. The zero-order valence-corrected chi connectivity index (χ0v) is 11.6. The number of anilines is 1. The van der Waals surface area contributed by atoms with E-state index in [2.05, 4.69) is 24.8 Å². The van der Waals surface area contributed by atoms with Crippen molar-refractivity contribution >= 4 is 5.69 Å². The molecule has 1 saturated carbocycles. The highest BCUT2D eigenvalue weighted by Gasteiger charge is 2.29. The van der Waals surface area contributed by atoms with Crippen molar-refractivity contribution in [1.29, 1.82) is 0 Å². The van der Waals surface area contributed by atoms with Crippen LogP contribution in [0, 0.1) is 5.92 Å². The first-order chi connectivity index (χ1) is 8.60. The van der Waals surface area contributed by atoms with Crippen LogP contribution >= 0.6 is 0 Å². The fourth-order valence-electron chi connectivity index (χ4n) is 2.36. The molecule has 100 valence electrons. The molecule has 0 spiro atoms. The predicted octanol–water partition coefficient (Wildman–Crippen LogP) is 2.90. The molecule has 0 radical (unpaired) electrons. The summed E-state index contributed by atoms with van der Waals surface area (Å²) >= 11 is 0. The van der Waals surface area contributed by atoms with Crippen LogP contribution in [0.3, 0.4) is 0 Å². The van der Waals surface area contributed by atoms with Gasteiger partial charge in [0.05, 0.1) is 7.11 Å². The third kappa shape index (κ3) is 3.39. The molecule has 1 aromatic rings. The molecule has 0 bridgehead atoms. The number of hydrogen-bond donors (Lipinski definition) is 1. The Morgan fingerprint density at radius 2 is 2.11 bits per heavy atom. The molecule has 0 aliphatic heterocycles. The van der Waals surface area contributed by atoms with Gasteiger partial charge in [-0.3, -0.25) is 4.90 Å². The molecule has 0 aromatic heterocycles. The molecule has 2 rings (SSSR count). The first kappa shape index (κ1) is 13.2. The van der Waals surface area contributed by atoms with E-state index in [1.165, 1.54) is 18.4 Å². The van der Waals surface area contributed by atoms with E-state index < -0.39 is 0 Å². The van der Waals surface area contributed by atoms with Gasteiger partial charge in [0.1, 0.15) is 5.75 Å². The zero-order valence-electron chi connectivity index (χ0n) is 11.6. The largest absolute Gasteiger partial charge is 0.496 e. The quantitative estimate of drug-likeness (QED) is 0.787. The van der Waals surface area contributed by atoms with Crippen LogP contribution in [0.15, 0.2) is 18.2 Å². The van der Waals surface area contributed by atoms with E-state index in [0.717, 1.165) is 30.6 Å².